The van der Waals surface area contributed by atoms with Crippen molar-refractivity contribution >= 4 is 15.9 Å². The van der Waals surface area contributed by atoms with E-state index in [0.29, 0.717) is 18.0 Å². The van der Waals surface area contributed by atoms with E-state index < -0.39 is 10.0 Å². The number of hydrogen-bond donors (Lipinski definition) is 1. The number of benzene rings is 1. The maximum atomic E-state index is 12.5. The van der Waals surface area contributed by atoms with Gasteiger partial charge in [-0.3, -0.25) is 4.79 Å². The molecule has 0 spiro atoms. The number of rotatable bonds is 8. The third-order valence-corrected chi connectivity index (χ3v) is 6.22. The van der Waals surface area contributed by atoms with Gasteiger partial charge in [-0.2, -0.15) is 4.31 Å². The van der Waals surface area contributed by atoms with E-state index in [-0.39, 0.29) is 18.0 Å². The second-order valence-corrected chi connectivity index (χ2v) is 8.10. The van der Waals surface area contributed by atoms with Gasteiger partial charge in [-0.1, -0.05) is 26.0 Å². The smallest absolute Gasteiger partial charge is 0.279 e. The number of sulfonamides is 1. The molecule has 136 valence electrons. The van der Waals surface area contributed by atoms with Gasteiger partial charge in [0.05, 0.1) is 4.90 Å². The molecule has 0 aliphatic heterocycles. The Kier molecular flexibility index (Phi) is 7.38. The predicted molar refractivity (Wildman–Crippen MR) is 95.0 cm³/mol. The summed E-state index contributed by atoms with van der Waals surface area (Å²) in [5.41, 5.74) is 0.993. The van der Waals surface area contributed by atoms with E-state index in [2.05, 4.69) is 0 Å². The average Bonchev–Trinajstić information content (AvgIpc) is 2.54. The van der Waals surface area contributed by atoms with Crippen molar-refractivity contribution in [1.82, 2.24) is 9.21 Å². The normalized spacial score (nSPS) is 14.5. The summed E-state index contributed by atoms with van der Waals surface area (Å²) >= 11 is 0. The molecule has 0 unspecified atom stereocenters. The predicted octanol–water partition coefficient (Wildman–Crippen LogP) is 0.818. The minimum Gasteiger partial charge on any atom is -0.344 e. The van der Waals surface area contributed by atoms with Gasteiger partial charge in [-0.15, -0.1) is 0 Å². The fourth-order valence-corrected chi connectivity index (χ4v) is 4.15. The van der Waals surface area contributed by atoms with Crippen LogP contribution in [0.25, 0.3) is 0 Å². The Morgan fingerprint density at radius 3 is 2.00 bits per heavy atom. The first-order valence-electron chi connectivity index (χ1n) is 8.31. The van der Waals surface area contributed by atoms with Gasteiger partial charge in [-0.05, 0) is 26.0 Å². The fraction of sp³-hybridized carbons (Fsp3) is 0.588. The van der Waals surface area contributed by atoms with Crippen LogP contribution in [0.2, 0.25) is 0 Å². The van der Waals surface area contributed by atoms with Crippen LogP contribution in [0.1, 0.15) is 39.3 Å². The minimum atomic E-state index is -3.43. The van der Waals surface area contributed by atoms with Crippen molar-refractivity contribution in [2.75, 3.05) is 27.2 Å². The molecule has 1 aromatic carbocycles. The molecule has 0 aliphatic carbocycles. The molecule has 0 fully saturated rings. The first kappa shape index (κ1) is 20.6. The highest BCUT2D eigenvalue weighted by Gasteiger charge is 2.24. The van der Waals surface area contributed by atoms with Gasteiger partial charge < -0.3 is 10.2 Å². The molecular weight excluding hydrogens is 326 g/mol. The van der Waals surface area contributed by atoms with Crippen molar-refractivity contribution in [1.29, 1.82) is 0 Å². The molecule has 0 aliphatic rings. The molecule has 7 heteroatoms. The SMILES string of the molecule is CCN(CC)S(=O)(=O)c1ccc([C@@H](C)[NH2+][C@@H](C)C(=O)N(C)C)cc1. The van der Waals surface area contributed by atoms with Gasteiger partial charge in [0.25, 0.3) is 5.91 Å². The van der Waals surface area contributed by atoms with Crippen LogP contribution in [0.15, 0.2) is 29.2 Å². The first-order chi connectivity index (χ1) is 11.1. The first-order valence-corrected chi connectivity index (χ1v) is 9.75. The summed E-state index contributed by atoms with van der Waals surface area (Å²) < 4.78 is 26.4. The van der Waals surface area contributed by atoms with Crippen LogP contribution >= 0.6 is 0 Å². The number of carbonyl (C=O) groups excluding carboxylic acids is 1. The molecule has 0 aromatic heterocycles. The molecule has 6 nitrogen and oxygen atoms in total. The summed E-state index contributed by atoms with van der Waals surface area (Å²) in [4.78, 5) is 13.8. The molecule has 1 amide bonds. The number of quaternary nitrogens is 1. The van der Waals surface area contributed by atoms with Gasteiger partial charge in [0.1, 0.15) is 6.04 Å². The second-order valence-electron chi connectivity index (χ2n) is 6.16. The fourth-order valence-electron chi connectivity index (χ4n) is 2.69. The van der Waals surface area contributed by atoms with Gasteiger partial charge in [0.2, 0.25) is 10.0 Å². The lowest BCUT2D eigenvalue weighted by molar-refractivity contribution is -0.710. The Bertz CT molecular complexity index is 638. The summed E-state index contributed by atoms with van der Waals surface area (Å²) in [5.74, 6) is 0.0579. The van der Waals surface area contributed by atoms with Crippen molar-refractivity contribution in [2.24, 2.45) is 0 Å². The van der Waals surface area contributed by atoms with Gasteiger partial charge in [0, 0.05) is 32.7 Å². The van der Waals surface area contributed by atoms with Crippen LogP contribution in [0.5, 0.6) is 0 Å². The van der Waals surface area contributed by atoms with E-state index in [4.69, 9.17) is 0 Å². The van der Waals surface area contributed by atoms with Crippen molar-refractivity contribution in [2.45, 2.75) is 44.7 Å². The monoisotopic (exact) mass is 356 g/mol. The second kappa shape index (κ2) is 8.60. The highest BCUT2D eigenvalue weighted by atomic mass is 32.2. The molecule has 2 N–H and O–H groups in total. The quantitative estimate of drug-likeness (QED) is 0.749. The largest absolute Gasteiger partial charge is 0.344 e. The summed E-state index contributed by atoms with van der Waals surface area (Å²) in [5, 5.41) is 1.98. The Morgan fingerprint density at radius 2 is 1.58 bits per heavy atom. The van der Waals surface area contributed by atoms with E-state index in [0.717, 1.165) is 5.56 Å². The summed E-state index contributed by atoms with van der Waals surface area (Å²) in [6.45, 7) is 8.44. The number of nitrogens with two attached hydrogens (primary N) is 1. The van der Waals surface area contributed by atoms with Crippen LogP contribution in [-0.2, 0) is 14.8 Å². The van der Waals surface area contributed by atoms with Crippen molar-refractivity contribution in [3.63, 3.8) is 0 Å². The Hall–Kier alpha value is -1.44. The lowest BCUT2D eigenvalue weighted by Gasteiger charge is -2.20. The van der Waals surface area contributed by atoms with Crippen LogP contribution in [0.3, 0.4) is 0 Å². The third kappa shape index (κ3) is 4.78. The minimum absolute atomic E-state index is 0.0579. The van der Waals surface area contributed by atoms with E-state index in [1.54, 1.807) is 31.1 Å². The molecule has 0 radical (unpaired) electrons. The molecule has 0 saturated carbocycles. The van der Waals surface area contributed by atoms with Crippen molar-refractivity contribution in [3.05, 3.63) is 29.8 Å². The number of amides is 1. The molecule has 0 bridgehead atoms. The lowest BCUT2D eigenvalue weighted by Crippen LogP contribution is -2.92. The highest BCUT2D eigenvalue weighted by molar-refractivity contribution is 7.89. The van der Waals surface area contributed by atoms with Gasteiger partial charge in [0.15, 0.2) is 6.04 Å². The Labute approximate surface area is 145 Å². The van der Waals surface area contributed by atoms with Crippen molar-refractivity contribution < 1.29 is 18.5 Å². The molecule has 24 heavy (non-hydrogen) atoms. The van der Waals surface area contributed by atoms with E-state index in [1.165, 1.54) is 4.31 Å². The van der Waals surface area contributed by atoms with E-state index >= 15 is 0 Å². The maximum Gasteiger partial charge on any atom is 0.279 e. The summed E-state index contributed by atoms with van der Waals surface area (Å²) in [6.07, 6.45) is 0. The number of likely N-dealkylation sites (N-methyl/N-ethyl adjacent to an activating group) is 1. The summed E-state index contributed by atoms with van der Waals surface area (Å²) in [7, 11) is 0.0515. The lowest BCUT2D eigenvalue weighted by atomic mass is 10.1. The molecule has 0 heterocycles. The topological polar surface area (TPSA) is 74.3 Å². The molecule has 1 aromatic rings. The number of nitrogens with zero attached hydrogens (tertiary/aromatic N) is 2. The van der Waals surface area contributed by atoms with Gasteiger partial charge in [-0.25, -0.2) is 8.42 Å². The highest BCUT2D eigenvalue weighted by Crippen LogP contribution is 2.18. The molecule has 0 saturated heterocycles. The number of carbonyl (C=O) groups is 1. The number of hydrogen-bond acceptors (Lipinski definition) is 3. The zero-order valence-corrected chi connectivity index (χ0v) is 16.3. The maximum absolute atomic E-state index is 12.5. The Morgan fingerprint density at radius 1 is 1.08 bits per heavy atom. The van der Waals surface area contributed by atoms with E-state index in [1.807, 2.05) is 45.1 Å². The zero-order valence-electron chi connectivity index (χ0n) is 15.5. The molecular formula is C17H30N3O3S+. The van der Waals surface area contributed by atoms with Crippen molar-refractivity contribution in [3.8, 4) is 0 Å². The standard InChI is InChI=1S/C17H29N3O3S/c1-7-20(8-2)24(22,23)16-11-9-15(10-12-16)13(3)18-14(4)17(21)19(5)6/h9-14,18H,7-8H2,1-6H3/p+1/t13-,14+/m1/s1. The summed E-state index contributed by atoms with van der Waals surface area (Å²) in [6, 6.07) is 6.81. The zero-order chi connectivity index (χ0) is 18.5. The van der Waals surface area contributed by atoms with E-state index in [9.17, 15) is 13.2 Å². The van der Waals surface area contributed by atoms with Gasteiger partial charge >= 0.3 is 0 Å². The van der Waals surface area contributed by atoms with Crippen LogP contribution in [0.4, 0.5) is 0 Å². The Balaban J connectivity index is 2.89. The molecule has 1 rings (SSSR count). The average molecular weight is 357 g/mol. The third-order valence-electron chi connectivity index (χ3n) is 4.16. The van der Waals surface area contributed by atoms with Crippen LogP contribution in [0, 0.1) is 0 Å². The van der Waals surface area contributed by atoms with Crippen LogP contribution in [-0.4, -0.2) is 56.8 Å². The molecule has 2 atom stereocenters. The van der Waals surface area contributed by atoms with Crippen LogP contribution < -0.4 is 5.32 Å².